The molecule has 0 radical (unpaired) electrons. The molecule has 0 aromatic rings. The molecule has 0 aromatic heterocycles. The topological polar surface area (TPSA) is 70.6 Å². The van der Waals surface area contributed by atoms with Gasteiger partial charge in [-0.05, 0) is 25.7 Å². The highest BCUT2D eigenvalue weighted by Crippen LogP contribution is 2.13. The van der Waals surface area contributed by atoms with Crippen LogP contribution >= 0.6 is 0 Å². The molecule has 5 nitrogen and oxygen atoms in total. The molecule has 1 rings (SSSR count). The van der Waals surface area contributed by atoms with Gasteiger partial charge in [0.2, 0.25) is 0 Å². The maximum absolute atomic E-state index is 11.5. The Kier molecular flexibility index (Phi) is 8.07. The molecule has 2 atom stereocenters. The Morgan fingerprint density at radius 3 is 2.62 bits per heavy atom. The van der Waals surface area contributed by atoms with Gasteiger partial charge in [0.1, 0.15) is 0 Å². The van der Waals surface area contributed by atoms with E-state index in [-0.39, 0.29) is 17.5 Å². The molecule has 1 fully saturated rings. The van der Waals surface area contributed by atoms with E-state index in [1.54, 1.807) is 0 Å². The predicted octanol–water partition coefficient (Wildman–Crippen LogP) is 1.95. The Hall–Kier alpha value is -0.780. The standard InChI is InChI=1S/C15H31N3O2S/c1-4-7-8-13(5-2)11-17-15(16-6-3)18-14-9-10-21(19,20)12-14/h13-14H,4-12H2,1-3H3,(H2,16,17,18). The van der Waals surface area contributed by atoms with Gasteiger partial charge in [-0.25, -0.2) is 8.42 Å². The number of hydrogen-bond donors (Lipinski definition) is 2. The van der Waals surface area contributed by atoms with Gasteiger partial charge in [-0.2, -0.15) is 0 Å². The van der Waals surface area contributed by atoms with E-state index in [2.05, 4.69) is 29.5 Å². The van der Waals surface area contributed by atoms with Crippen molar-refractivity contribution in [1.29, 1.82) is 0 Å². The first-order valence-corrected chi connectivity index (χ1v) is 10.1. The average Bonchev–Trinajstić information content (AvgIpc) is 2.78. The van der Waals surface area contributed by atoms with Crippen molar-refractivity contribution in [3.63, 3.8) is 0 Å². The van der Waals surface area contributed by atoms with Crippen LogP contribution in [-0.2, 0) is 9.84 Å². The Balaban J connectivity index is 2.53. The maximum atomic E-state index is 11.5. The largest absolute Gasteiger partial charge is 0.357 e. The van der Waals surface area contributed by atoms with Gasteiger partial charge in [-0.3, -0.25) is 4.99 Å². The van der Waals surface area contributed by atoms with Crippen molar-refractivity contribution in [3.8, 4) is 0 Å². The second-order valence-electron chi connectivity index (χ2n) is 5.88. The lowest BCUT2D eigenvalue weighted by molar-refractivity contribution is 0.460. The molecule has 0 amide bonds. The monoisotopic (exact) mass is 317 g/mol. The van der Waals surface area contributed by atoms with Crippen LogP contribution in [0.3, 0.4) is 0 Å². The normalized spacial score (nSPS) is 23.0. The number of unbranched alkanes of at least 4 members (excludes halogenated alkanes) is 1. The zero-order valence-electron chi connectivity index (χ0n) is 13.7. The summed E-state index contributed by atoms with van der Waals surface area (Å²) >= 11 is 0. The van der Waals surface area contributed by atoms with Crippen LogP contribution in [-0.4, -0.2) is 45.0 Å². The molecule has 1 saturated heterocycles. The number of nitrogens with one attached hydrogen (secondary N) is 2. The minimum atomic E-state index is -2.85. The lowest BCUT2D eigenvalue weighted by atomic mass is 10.00. The second-order valence-corrected chi connectivity index (χ2v) is 8.11. The minimum absolute atomic E-state index is 0.00326. The van der Waals surface area contributed by atoms with Crippen molar-refractivity contribution < 1.29 is 8.42 Å². The van der Waals surface area contributed by atoms with Gasteiger partial charge in [0.05, 0.1) is 11.5 Å². The Labute approximate surface area is 129 Å². The fourth-order valence-corrected chi connectivity index (χ4v) is 4.23. The molecule has 2 unspecified atom stereocenters. The van der Waals surface area contributed by atoms with Crippen molar-refractivity contribution in [2.24, 2.45) is 10.9 Å². The van der Waals surface area contributed by atoms with Gasteiger partial charge in [0.25, 0.3) is 0 Å². The third-order valence-corrected chi connectivity index (χ3v) is 5.74. The second kappa shape index (κ2) is 9.28. The first-order valence-electron chi connectivity index (χ1n) is 8.26. The summed E-state index contributed by atoms with van der Waals surface area (Å²) in [6.45, 7) is 8.04. The van der Waals surface area contributed by atoms with Crippen LogP contribution in [0.5, 0.6) is 0 Å². The smallest absolute Gasteiger partial charge is 0.191 e. The highest BCUT2D eigenvalue weighted by atomic mass is 32.2. The van der Waals surface area contributed by atoms with E-state index >= 15 is 0 Å². The number of hydrogen-bond acceptors (Lipinski definition) is 3. The van der Waals surface area contributed by atoms with Crippen molar-refractivity contribution in [1.82, 2.24) is 10.6 Å². The molecular weight excluding hydrogens is 286 g/mol. The van der Waals surface area contributed by atoms with Gasteiger partial charge in [-0.1, -0.05) is 33.1 Å². The van der Waals surface area contributed by atoms with E-state index in [1.807, 2.05) is 6.92 Å². The van der Waals surface area contributed by atoms with Gasteiger partial charge in [-0.15, -0.1) is 0 Å². The molecule has 0 saturated carbocycles. The van der Waals surface area contributed by atoms with E-state index in [0.717, 1.165) is 25.5 Å². The van der Waals surface area contributed by atoms with Crippen LogP contribution < -0.4 is 10.6 Å². The van der Waals surface area contributed by atoms with Gasteiger partial charge >= 0.3 is 0 Å². The van der Waals surface area contributed by atoms with Crippen molar-refractivity contribution in [3.05, 3.63) is 0 Å². The Morgan fingerprint density at radius 2 is 2.10 bits per heavy atom. The van der Waals surface area contributed by atoms with Crippen LogP contribution in [0.2, 0.25) is 0 Å². The SMILES string of the molecule is CCCCC(CC)CN=C(NCC)NC1CCS(=O)(=O)C1. The van der Waals surface area contributed by atoms with E-state index in [9.17, 15) is 8.42 Å². The first kappa shape index (κ1) is 18.3. The summed E-state index contributed by atoms with van der Waals surface area (Å²) in [4.78, 5) is 4.65. The minimum Gasteiger partial charge on any atom is -0.357 e. The number of rotatable bonds is 8. The third kappa shape index (κ3) is 7.16. The summed E-state index contributed by atoms with van der Waals surface area (Å²) in [5.74, 6) is 1.89. The molecule has 124 valence electrons. The zero-order chi connectivity index (χ0) is 15.7. The zero-order valence-corrected chi connectivity index (χ0v) is 14.5. The number of sulfone groups is 1. The lowest BCUT2D eigenvalue weighted by Crippen LogP contribution is -2.44. The summed E-state index contributed by atoms with van der Waals surface area (Å²) < 4.78 is 23.0. The highest BCUT2D eigenvalue weighted by Gasteiger charge is 2.28. The van der Waals surface area contributed by atoms with Gasteiger partial charge in [0, 0.05) is 19.1 Å². The van der Waals surface area contributed by atoms with Crippen LogP contribution in [0.15, 0.2) is 4.99 Å². The van der Waals surface area contributed by atoms with Gasteiger partial charge in [0.15, 0.2) is 15.8 Å². The molecule has 21 heavy (non-hydrogen) atoms. The van der Waals surface area contributed by atoms with E-state index in [0.29, 0.717) is 12.3 Å². The van der Waals surface area contributed by atoms with E-state index in [1.165, 1.54) is 19.3 Å². The van der Waals surface area contributed by atoms with Crippen LogP contribution in [0.1, 0.15) is 52.9 Å². The summed E-state index contributed by atoms with van der Waals surface area (Å²) in [5, 5.41) is 6.48. The fraction of sp³-hybridized carbons (Fsp3) is 0.933. The summed E-state index contributed by atoms with van der Waals surface area (Å²) in [6.07, 6.45) is 5.51. The fourth-order valence-electron chi connectivity index (χ4n) is 2.56. The molecule has 1 aliphatic heterocycles. The third-order valence-electron chi connectivity index (χ3n) is 3.97. The molecular formula is C15H31N3O2S. The summed E-state index contributed by atoms with van der Waals surface area (Å²) in [7, 11) is -2.85. The molecule has 0 spiro atoms. The van der Waals surface area contributed by atoms with Crippen LogP contribution in [0, 0.1) is 5.92 Å². The summed E-state index contributed by atoms with van der Waals surface area (Å²) in [6, 6.07) is 0.00326. The highest BCUT2D eigenvalue weighted by molar-refractivity contribution is 7.91. The molecule has 2 N–H and O–H groups in total. The van der Waals surface area contributed by atoms with Crippen LogP contribution in [0.4, 0.5) is 0 Å². The van der Waals surface area contributed by atoms with Crippen molar-refractivity contribution in [2.45, 2.75) is 58.9 Å². The molecule has 0 bridgehead atoms. The number of aliphatic imine (C=N–C) groups is 1. The predicted molar refractivity (Wildman–Crippen MR) is 89.5 cm³/mol. The number of nitrogens with zero attached hydrogens (tertiary/aromatic N) is 1. The van der Waals surface area contributed by atoms with Crippen molar-refractivity contribution >= 4 is 15.8 Å². The molecule has 6 heteroatoms. The number of guanidine groups is 1. The first-order chi connectivity index (χ1) is 10.0. The van der Waals surface area contributed by atoms with Crippen molar-refractivity contribution in [2.75, 3.05) is 24.6 Å². The van der Waals surface area contributed by atoms with Gasteiger partial charge < -0.3 is 10.6 Å². The quantitative estimate of drug-likeness (QED) is 0.530. The Morgan fingerprint density at radius 1 is 1.33 bits per heavy atom. The molecule has 1 heterocycles. The maximum Gasteiger partial charge on any atom is 0.191 e. The van der Waals surface area contributed by atoms with E-state index < -0.39 is 9.84 Å². The molecule has 0 aliphatic carbocycles. The molecule has 0 aromatic carbocycles. The lowest BCUT2D eigenvalue weighted by Gasteiger charge is -2.17. The van der Waals surface area contributed by atoms with Crippen LogP contribution in [0.25, 0.3) is 0 Å². The average molecular weight is 317 g/mol. The van der Waals surface area contributed by atoms with E-state index in [4.69, 9.17) is 0 Å². The summed E-state index contributed by atoms with van der Waals surface area (Å²) in [5.41, 5.74) is 0. The molecule has 1 aliphatic rings. The Bertz CT molecular complexity index is 421.